The van der Waals surface area contributed by atoms with Gasteiger partial charge in [-0.3, -0.25) is 0 Å². The number of hydrogen-bond acceptors (Lipinski definition) is 1. The van der Waals surface area contributed by atoms with Gasteiger partial charge in [0, 0.05) is 10.0 Å². The molecular formula is C14H10BrIO. The van der Waals surface area contributed by atoms with E-state index in [-0.39, 0.29) is 0 Å². The van der Waals surface area contributed by atoms with Crippen molar-refractivity contribution < 1.29 is 4.74 Å². The lowest BCUT2D eigenvalue weighted by Crippen LogP contribution is -1.86. The summed E-state index contributed by atoms with van der Waals surface area (Å²) in [5.41, 5.74) is 4.35. The summed E-state index contributed by atoms with van der Waals surface area (Å²) in [4.78, 5) is 0. The highest BCUT2D eigenvalue weighted by Crippen LogP contribution is 2.26. The Morgan fingerprint density at radius 1 is 1.41 bits per heavy atom. The molecule has 0 fully saturated rings. The van der Waals surface area contributed by atoms with Crippen LogP contribution in [0.1, 0.15) is 6.42 Å². The third-order valence-electron chi connectivity index (χ3n) is 2.17. The number of para-hydroxylation sites is 1. The van der Waals surface area contributed by atoms with E-state index >= 15 is 0 Å². The van der Waals surface area contributed by atoms with Crippen LogP contribution in [0.15, 0.2) is 68.1 Å². The first-order chi connectivity index (χ1) is 8.25. The maximum Gasteiger partial charge on any atom is 0.140 e. The molecule has 0 aromatic heterocycles. The zero-order chi connectivity index (χ0) is 12.1. The molecule has 0 radical (unpaired) electrons. The second-order valence-electron chi connectivity index (χ2n) is 3.49. The van der Waals surface area contributed by atoms with Gasteiger partial charge in [-0.05, 0) is 62.3 Å². The predicted molar refractivity (Wildman–Crippen MR) is 82.2 cm³/mol. The molecule has 0 heterocycles. The molecule has 0 aliphatic heterocycles. The molecule has 17 heavy (non-hydrogen) atoms. The molecule has 0 saturated carbocycles. The van der Waals surface area contributed by atoms with Gasteiger partial charge in [-0.15, -0.1) is 5.73 Å². The molecule has 0 saturated heterocycles. The summed E-state index contributed by atoms with van der Waals surface area (Å²) in [5, 5.41) is 0. The first-order valence-corrected chi connectivity index (χ1v) is 7.01. The SMILES string of the molecule is Brc1ccccc1O/C=C(\I)CC1=C=CC=C1. The number of rotatable bonds is 4. The highest BCUT2D eigenvalue weighted by molar-refractivity contribution is 14.1. The van der Waals surface area contributed by atoms with Gasteiger partial charge < -0.3 is 4.74 Å². The third-order valence-corrected chi connectivity index (χ3v) is 3.46. The summed E-state index contributed by atoms with van der Waals surface area (Å²) in [7, 11) is 0. The Hall–Kier alpha value is -0.770. The number of hydrogen-bond donors (Lipinski definition) is 0. The van der Waals surface area contributed by atoms with Gasteiger partial charge >= 0.3 is 0 Å². The summed E-state index contributed by atoms with van der Waals surface area (Å²) < 4.78 is 7.72. The van der Waals surface area contributed by atoms with Crippen LogP contribution >= 0.6 is 38.5 Å². The van der Waals surface area contributed by atoms with Crippen molar-refractivity contribution in [2.45, 2.75) is 6.42 Å². The van der Waals surface area contributed by atoms with Crippen LogP contribution in [0.3, 0.4) is 0 Å². The monoisotopic (exact) mass is 400 g/mol. The standard InChI is InChI=1S/C14H10BrIO/c15-13-7-3-4-8-14(13)17-10-12(16)9-11-5-1-2-6-11/h1-5,7-8,10H,9H2/b12-10-. The minimum Gasteiger partial charge on any atom is -0.463 e. The van der Waals surface area contributed by atoms with Gasteiger partial charge in [-0.2, -0.15) is 0 Å². The molecule has 1 aromatic carbocycles. The fourth-order valence-electron chi connectivity index (χ4n) is 1.37. The Balaban J connectivity index is 1.98. The van der Waals surface area contributed by atoms with Crippen molar-refractivity contribution >= 4 is 38.5 Å². The Bertz CT molecular complexity index is 537. The average molecular weight is 401 g/mol. The molecule has 0 atom stereocenters. The highest BCUT2D eigenvalue weighted by Gasteiger charge is 2.01. The Morgan fingerprint density at radius 2 is 2.24 bits per heavy atom. The molecule has 0 spiro atoms. The van der Waals surface area contributed by atoms with Crippen molar-refractivity contribution in [2.24, 2.45) is 0 Å². The second-order valence-corrected chi connectivity index (χ2v) is 5.73. The van der Waals surface area contributed by atoms with Gasteiger partial charge in [0.2, 0.25) is 0 Å². The second kappa shape index (κ2) is 6.24. The van der Waals surface area contributed by atoms with Crippen molar-refractivity contribution in [3.63, 3.8) is 0 Å². The van der Waals surface area contributed by atoms with Crippen LogP contribution < -0.4 is 4.74 Å². The number of allylic oxidation sites excluding steroid dienone is 4. The average Bonchev–Trinajstić information content (AvgIpc) is 2.81. The van der Waals surface area contributed by atoms with Crippen LogP contribution in [0.4, 0.5) is 0 Å². The van der Waals surface area contributed by atoms with E-state index in [0.717, 1.165) is 20.2 Å². The van der Waals surface area contributed by atoms with Crippen molar-refractivity contribution in [1.29, 1.82) is 0 Å². The topological polar surface area (TPSA) is 9.23 Å². The molecule has 0 amide bonds. The zero-order valence-electron chi connectivity index (χ0n) is 8.99. The van der Waals surface area contributed by atoms with E-state index in [1.165, 1.54) is 5.57 Å². The van der Waals surface area contributed by atoms with Crippen molar-refractivity contribution in [1.82, 2.24) is 0 Å². The molecule has 0 bridgehead atoms. The minimum absolute atomic E-state index is 0.827. The fourth-order valence-corrected chi connectivity index (χ4v) is 2.29. The molecular weight excluding hydrogens is 391 g/mol. The van der Waals surface area contributed by atoms with Crippen LogP contribution in [0.25, 0.3) is 0 Å². The third kappa shape index (κ3) is 3.87. The quantitative estimate of drug-likeness (QED) is 0.386. The van der Waals surface area contributed by atoms with Gasteiger partial charge in [0.25, 0.3) is 0 Å². The van der Waals surface area contributed by atoms with Crippen LogP contribution in [-0.2, 0) is 0 Å². The van der Waals surface area contributed by atoms with Crippen LogP contribution in [-0.4, -0.2) is 0 Å². The maximum absolute atomic E-state index is 5.62. The van der Waals surface area contributed by atoms with E-state index in [4.69, 9.17) is 4.74 Å². The summed E-state index contributed by atoms with van der Waals surface area (Å²) >= 11 is 5.73. The zero-order valence-corrected chi connectivity index (χ0v) is 12.7. The summed E-state index contributed by atoms with van der Waals surface area (Å²) in [5.74, 6) is 0.827. The van der Waals surface area contributed by atoms with Crippen LogP contribution in [0.5, 0.6) is 5.75 Å². The van der Waals surface area contributed by atoms with Gasteiger partial charge in [0.1, 0.15) is 12.0 Å². The van der Waals surface area contributed by atoms with Crippen molar-refractivity contribution in [3.8, 4) is 5.75 Å². The first-order valence-electron chi connectivity index (χ1n) is 5.13. The van der Waals surface area contributed by atoms with Crippen molar-refractivity contribution in [2.75, 3.05) is 0 Å². The molecule has 1 aromatic rings. The smallest absolute Gasteiger partial charge is 0.140 e. The van der Waals surface area contributed by atoms with E-state index < -0.39 is 0 Å². The Labute approximate surface area is 123 Å². The fraction of sp³-hybridized carbons (Fsp3) is 0.0714. The van der Waals surface area contributed by atoms with Gasteiger partial charge in [-0.25, -0.2) is 0 Å². The van der Waals surface area contributed by atoms with E-state index in [2.05, 4.69) is 50.3 Å². The molecule has 0 N–H and O–H groups in total. The molecule has 3 heteroatoms. The number of ether oxygens (including phenoxy) is 1. The minimum atomic E-state index is 0.827. The van der Waals surface area contributed by atoms with Crippen molar-refractivity contribution in [3.05, 3.63) is 68.1 Å². The lowest BCUT2D eigenvalue weighted by atomic mass is 10.2. The summed E-state index contributed by atoms with van der Waals surface area (Å²) in [6, 6.07) is 7.80. The molecule has 1 aliphatic rings. The summed E-state index contributed by atoms with van der Waals surface area (Å²) in [6.45, 7) is 0. The van der Waals surface area contributed by atoms with Gasteiger partial charge in [0.05, 0.1) is 4.47 Å². The lowest BCUT2D eigenvalue weighted by molar-refractivity contribution is 0.476. The van der Waals surface area contributed by atoms with Crippen LogP contribution in [0.2, 0.25) is 0 Å². The van der Waals surface area contributed by atoms with Gasteiger partial charge in [0.15, 0.2) is 0 Å². The molecule has 1 aliphatic carbocycles. The van der Waals surface area contributed by atoms with E-state index in [0.29, 0.717) is 0 Å². The van der Waals surface area contributed by atoms with E-state index in [9.17, 15) is 0 Å². The Kier molecular flexibility index (Phi) is 4.66. The molecule has 1 nitrogen and oxygen atoms in total. The van der Waals surface area contributed by atoms with E-state index in [1.54, 1.807) is 6.26 Å². The lowest BCUT2D eigenvalue weighted by Gasteiger charge is -2.04. The maximum atomic E-state index is 5.62. The van der Waals surface area contributed by atoms with Crippen LogP contribution in [0, 0.1) is 0 Å². The first kappa shape index (κ1) is 12.7. The van der Waals surface area contributed by atoms with Gasteiger partial charge in [-0.1, -0.05) is 24.3 Å². The molecule has 2 rings (SSSR count). The predicted octanol–water partition coefficient (Wildman–Crippen LogP) is 5.15. The van der Waals surface area contributed by atoms with E-state index in [1.807, 2.05) is 36.4 Å². The molecule has 0 unspecified atom stereocenters. The summed E-state index contributed by atoms with van der Waals surface area (Å²) in [6.07, 6.45) is 8.62. The normalized spacial score (nSPS) is 14.0. The highest BCUT2D eigenvalue weighted by atomic mass is 127. The number of halogens is 2. The number of benzene rings is 1. The molecule has 86 valence electrons. The Morgan fingerprint density at radius 3 is 2.94 bits per heavy atom. The largest absolute Gasteiger partial charge is 0.463 e.